The minimum absolute atomic E-state index is 0.159. The van der Waals surface area contributed by atoms with Crippen molar-refractivity contribution in [3.63, 3.8) is 0 Å². The molecule has 0 aliphatic rings. The van der Waals surface area contributed by atoms with Gasteiger partial charge in [-0.1, -0.05) is 35.2 Å². The van der Waals surface area contributed by atoms with Crippen LogP contribution in [-0.2, 0) is 6.54 Å². The van der Waals surface area contributed by atoms with Crippen LogP contribution in [0.2, 0.25) is 0 Å². The van der Waals surface area contributed by atoms with Crippen molar-refractivity contribution < 1.29 is 0 Å². The van der Waals surface area contributed by atoms with Crippen molar-refractivity contribution in [2.75, 3.05) is 0 Å². The van der Waals surface area contributed by atoms with Gasteiger partial charge in [0.1, 0.15) is 5.82 Å². The third-order valence-corrected chi connectivity index (χ3v) is 4.56. The van der Waals surface area contributed by atoms with Crippen LogP contribution < -0.4 is 0 Å². The molecule has 0 aliphatic heterocycles. The van der Waals surface area contributed by atoms with Gasteiger partial charge < -0.3 is 4.57 Å². The minimum atomic E-state index is 0.159. The first-order valence-corrected chi connectivity index (χ1v) is 8.11. The fourth-order valence-corrected chi connectivity index (χ4v) is 3.22. The summed E-state index contributed by atoms with van der Waals surface area (Å²) >= 11 is 1.65. The highest BCUT2D eigenvalue weighted by atomic mass is 32.2. The monoisotopic (exact) mass is 314 g/mol. The normalized spacial score (nSPS) is 12.5. The summed E-state index contributed by atoms with van der Waals surface area (Å²) in [6.07, 6.45) is 1.96. The number of thioether (sulfide) groups is 1. The van der Waals surface area contributed by atoms with Gasteiger partial charge in [-0.25, -0.2) is 4.68 Å². The Morgan fingerprint density at radius 3 is 2.64 bits per heavy atom. The van der Waals surface area contributed by atoms with Gasteiger partial charge in [0.2, 0.25) is 0 Å². The van der Waals surface area contributed by atoms with E-state index in [1.54, 1.807) is 16.4 Å². The number of para-hydroxylation sites is 1. The van der Waals surface area contributed by atoms with E-state index in [4.69, 9.17) is 0 Å². The molecule has 22 heavy (non-hydrogen) atoms. The maximum atomic E-state index is 4.29. The van der Waals surface area contributed by atoms with Crippen molar-refractivity contribution in [2.45, 2.75) is 37.7 Å². The summed E-state index contributed by atoms with van der Waals surface area (Å²) in [6, 6.07) is 9.98. The summed E-state index contributed by atoms with van der Waals surface area (Å²) in [5.74, 6) is 0.935. The number of aromatic nitrogens is 6. The maximum Gasteiger partial charge on any atom is 0.191 e. The molecule has 0 unspecified atom stereocenters. The lowest BCUT2D eigenvalue weighted by atomic mass is 10.3. The molecule has 0 saturated heterocycles. The highest BCUT2D eigenvalue weighted by molar-refractivity contribution is 7.99. The van der Waals surface area contributed by atoms with E-state index < -0.39 is 0 Å². The first kappa shape index (κ1) is 14.8. The van der Waals surface area contributed by atoms with Gasteiger partial charge in [0.15, 0.2) is 5.16 Å². The van der Waals surface area contributed by atoms with E-state index in [0.717, 1.165) is 28.9 Å². The molecular weight excluding hydrogens is 296 g/mol. The van der Waals surface area contributed by atoms with E-state index in [1.165, 1.54) is 0 Å². The molecule has 6 nitrogen and oxygen atoms in total. The topological polar surface area (TPSA) is 61.4 Å². The van der Waals surface area contributed by atoms with Gasteiger partial charge in [0.05, 0.1) is 22.8 Å². The predicted molar refractivity (Wildman–Crippen MR) is 86.1 cm³/mol. The van der Waals surface area contributed by atoms with Gasteiger partial charge in [0, 0.05) is 6.54 Å². The van der Waals surface area contributed by atoms with Crippen LogP contribution in [0.15, 0.2) is 41.7 Å². The van der Waals surface area contributed by atoms with Crippen LogP contribution in [0.25, 0.3) is 5.69 Å². The number of aryl methyl sites for hydroxylation is 1. The third-order valence-electron chi connectivity index (χ3n) is 3.45. The van der Waals surface area contributed by atoms with E-state index in [1.807, 2.05) is 43.5 Å². The zero-order chi connectivity index (χ0) is 15.5. The molecule has 1 atom stereocenters. The van der Waals surface area contributed by atoms with Crippen LogP contribution in [0.1, 0.15) is 30.6 Å². The molecule has 0 spiro atoms. The summed E-state index contributed by atoms with van der Waals surface area (Å²) in [5.41, 5.74) is 1.93. The smallest absolute Gasteiger partial charge is 0.191 e. The molecule has 0 bridgehead atoms. The van der Waals surface area contributed by atoms with Crippen LogP contribution in [-0.4, -0.2) is 29.8 Å². The average molecular weight is 314 g/mol. The van der Waals surface area contributed by atoms with Crippen molar-refractivity contribution in [2.24, 2.45) is 0 Å². The quantitative estimate of drug-likeness (QED) is 0.677. The van der Waals surface area contributed by atoms with E-state index >= 15 is 0 Å². The van der Waals surface area contributed by atoms with Crippen LogP contribution in [0.4, 0.5) is 0 Å². The second-order valence-electron chi connectivity index (χ2n) is 4.96. The van der Waals surface area contributed by atoms with Crippen molar-refractivity contribution in [1.82, 2.24) is 29.8 Å². The Labute approximate surface area is 133 Å². The van der Waals surface area contributed by atoms with Gasteiger partial charge in [0.25, 0.3) is 0 Å². The Bertz CT molecular complexity index is 748. The molecular formula is C15H18N6S. The first-order chi connectivity index (χ1) is 10.7. The molecule has 0 aliphatic carbocycles. The number of benzene rings is 1. The fourth-order valence-electron chi connectivity index (χ4n) is 2.20. The Morgan fingerprint density at radius 2 is 1.91 bits per heavy atom. The number of hydrogen-bond donors (Lipinski definition) is 0. The van der Waals surface area contributed by atoms with Gasteiger partial charge in [-0.15, -0.1) is 15.3 Å². The molecule has 1 aromatic carbocycles. The summed E-state index contributed by atoms with van der Waals surface area (Å²) in [6.45, 7) is 7.03. The SMILES string of the molecule is CCn1c(C)nnc1S[C@@H](C)c1cn(-c2ccccc2)nn1. The minimum Gasteiger partial charge on any atom is -0.307 e. The van der Waals surface area contributed by atoms with Gasteiger partial charge in [-0.3, -0.25) is 0 Å². The lowest BCUT2D eigenvalue weighted by Gasteiger charge is -2.08. The molecule has 114 valence electrons. The van der Waals surface area contributed by atoms with E-state index in [-0.39, 0.29) is 5.25 Å². The molecule has 0 fully saturated rings. The standard InChI is InChI=1S/C15H18N6S/c1-4-20-12(3)16-18-15(20)22-11(2)14-10-21(19-17-14)13-8-6-5-7-9-13/h5-11H,4H2,1-3H3/t11-/m0/s1. The van der Waals surface area contributed by atoms with E-state index in [9.17, 15) is 0 Å². The van der Waals surface area contributed by atoms with Crippen LogP contribution in [0, 0.1) is 6.92 Å². The number of rotatable bonds is 5. The van der Waals surface area contributed by atoms with Crippen molar-refractivity contribution in [1.29, 1.82) is 0 Å². The Kier molecular flexibility index (Phi) is 4.24. The lowest BCUT2D eigenvalue weighted by Crippen LogP contribution is -2.00. The molecule has 0 amide bonds. The van der Waals surface area contributed by atoms with Gasteiger partial charge in [-0.05, 0) is 32.9 Å². The molecule has 0 radical (unpaired) electrons. The molecule has 7 heteroatoms. The van der Waals surface area contributed by atoms with Crippen molar-refractivity contribution in [3.8, 4) is 5.69 Å². The molecule has 0 saturated carbocycles. The summed E-state index contributed by atoms with van der Waals surface area (Å²) in [5, 5.41) is 17.9. The first-order valence-electron chi connectivity index (χ1n) is 7.23. The Hall–Kier alpha value is -2.15. The number of hydrogen-bond acceptors (Lipinski definition) is 5. The zero-order valence-electron chi connectivity index (χ0n) is 12.8. The van der Waals surface area contributed by atoms with Crippen LogP contribution >= 0.6 is 11.8 Å². The van der Waals surface area contributed by atoms with E-state index in [0.29, 0.717) is 0 Å². The third kappa shape index (κ3) is 2.89. The van der Waals surface area contributed by atoms with Crippen molar-refractivity contribution >= 4 is 11.8 Å². The van der Waals surface area contributed by atoms with E-state index in [2.05, 4.69) is 38.9 Å². The Morgan fingerprint density at radius 1 is 1.14 bits per heavy atom. The van der Waals surface area contributed by atoms with Gasteiger partial charge in [-0.2, -0.15) is 0 Å². The summed E-state index contributed by atoms with van der Waals surface area (Å²) in [4.78, 5) is 0. The Balaban J connectivity index is 1.78. The average Bonchev–Trinajstić information content (AvgIpc) is 3.15. The lowest BCUT2D eigenvalue weighted by molar-refractivity contribution is 0.660. The summed E-state index contributed by atoms with van der Waals surface area (Å²) in [7, 11) is 0. The zero-order valence-corrected chi connectivity index (χ0v) is 13.7. The van der Waals surface area contributed by atoms with Gasteiger partial charge >= 0.3 is 0 Å². The second-order valence-corrected chi connectivity index (χ2v) is 6.27. The molecule has 3 aromatic rings. The van der Waals surface area contributed by atoms with Crippen LogP contribution in [0.3, 0.4) is 0 Å². The fraction of sp³-hybridized carbons (Fsp3) is 0.333. The maximum absolute atomic E-state index is 4.29. The molecule has 2 aromatic heterocycles. The molecule has 0 N–H and O–H groups in total. The van der Waals surface area contributed by atoms with Crippen LogP contribution in [0.5, 0.6) is 0 Å². The predicted octanol–water partition coefficient (Wildman–Crippen LogP) is 3.04. The van der Waals surface area contributed by atoms with Crippen molar-refractivity contribution in [3.05, 3.63) is 48.0 Å². The highest BCUT2D eigenvalue weighted by Crippen LogP contribution is 2.32. The second kappa shape index (κ2) is 6.31. The largest absolute Gasteiger partial charge is 0.307 e. The number of nitrogens with zero attached hydrogens (tertiary/aromatic N) is 6. The molecule has 3 rings (SSSR count). The summed E-state index contributed by atoms with van der Waals surface area (Å²) < 4.78 is 3.89. The molecule has 2 heterocycles. The highest BCUT2D eigenvalue weighted by Gasteiger charge is 2.17.